The van der Waals surface area contributed by atoms with Gasteiger partial charge in [-0.05, 0) is 92.1 Å². The lowest BCUT2D eigenvalue weighted by molar-refractivity contribution is 0.244. The summed E-state index contributed by atoms with van der Waals surface area (Å²) in [4.78, 5) is 21.6. The normalized spacial score (nSPS) is 25.1. The van der Waals surface area contributed by atoms with Crippen molar-refractivity contribution < 1.29 is 13.2 Å². The van der Waals surface area contributed by atoms with Crippen LogP contribution in [-0.4, -0.2) is 69.6 Å². The number of nitrogens with one attached hydrogen (secondary N) is 3. The average molecular weight is 593 g/mol. The first-order chi connectivity index (χ1) is 20.2. The van der Waals surface area contributed by atoms with Crippen LogP contribution in [0.25, 0.3) is 0 Å². The van der Waals surface area contributed by atoms with Gasteiger partial charge in [0, 0.05) is 31.9 Å². The fourth-order valence-corrected chi connectivity index (χ4v) is 7.87. The number of sulfonamides is 1. The lowest BCUT2D eigenvalue weighted by Crippen LogP contribution is -2.46. The van der Waals surface area contributed by atoms with E-state index >= 15 is 0 Å². The largest absolute Gasteiger partial charge is 0.370 e. The maximum absolute atomic E-state index is 13.0. The van der Waals surface area contributed by atoms with Crippen molar-refractivity contribution in [2.75, 3.05) is 31.1 Å². The van der Waals surface area contributed by atoms with E-state index in [4.69, 9.17) is 11.5 Å². The Morgan fingerprint density at radius 1 is 1.02 bits per heavy atom. The number of urea groups is 1. The highest BCUT2D eigenvalue weighted by atomic mass is 32.2. The zero-order valence-electron chi connectivity index (χ0n) is 23.7. The molecule has 3 aliphatic heterocycles. The molecule has 1 aliphatic carbocycles. The average Bonchev–Trinajstić information content (AvgIpc) is 3.59. The van der Waals surface area contributed by atoms with Gasteiger partial charge in [-0.15, -0.1) is 0 Å². The number of nitrogens with two attached hydrogens (primary N) is 2. The summed E-state index contributed by atoms with van der Waals surface area (Å²) in [5, 5.41) is 6.42. The van der Waals surface area contributed by atoms with Crippen LogP contribution in [0.4, 0.5) is 10.5 Å². The number of benzene rings is 2. The molecule has 224 valence electrons. The second-order valence-electron chi connectivity index (χ2n) is 11.8. The monoisotopic (exact) mass is 592 g/mol. The second-order valence-corrected chi connectivity index (χ2v) is 13.5. The van der Waals surface area contributed by atoms with E-state index in [-0.39, 0.29) is 36.0 Å². The number of amides is 2. The minimum atomic E-state index is -3.55. The Hall–Kier alpha value is -3.45. The first-order valence-corrected chi connectivity index (χ1v) is 16.3. The van der Waals surface area contributed by atoms with Crippen LogP contribution >= 0.6 is 0 Å². The van der Waals surface area contributed by atoms with Gasteiger partial charge in [-0.3, -0.25) is 9.80 Å². The standard InChI is InChI=1S/C30H40N8O3S/c31-29(32)34-25-11-14-37(19-25)17-20-1-5-26(6-2-20)38-18-23-15-22(16-28(23)35-30(38)39)21-3-7-27(8-4-21)42(40,41)36-24-9-12-33-13-10-24/h1-8,18,22,24-25,28,33,36H,9-17,19H2,(H,35,39)(H4,31,32,34)/t22?,25-,28?/m1/s1. The minimum absolute atomic E-state index is 0.0173. The van der Waals surface area contributed by atoms with Gasteiger partial charge < -0.3 is 22.1 Å². The lowest BCUT2D eigenvalue weighted by atomic mass is 9.97. The van der Waals surface area contributed by atoms with Gasteiger partial charge in [-0.1, -0.05) is 24.3 Å². The van der Waals surface area contributed by atoms with Crippen LogP contribution in [0.5, 0.6) is 0 Å². The van der Waals surface area contributed by atoms with Crippen molar-refractivity contribution in [3.63, 3.8) is 0 Å². The van der Waals surface area contributed by atoms with Crippen molar-refractivity contribution in [1.82, 2.24) is 20.3 Å². The highest BCUT2D eigenvalue weighted by Crippen LogP contribution is 2.40. The molecule has 0 radical (unpaired) electrons. The molecule has 42 heavy (non-hydrogen) atoms. The van der Waals surface area contributed by atoms with E-state index in [9.17, 15) is 13.2 Å². The van der Waals surface area contributed by atoms with E-state index in [1.54, 1.807) is 17.0 Å². The molecule has 3 heterocycles. The first kappa shape index (κ1) is 28.7. The molecule has 2 saturated heterocycles. The van der Waals surface area contributed by atoms with Crippen molar-refractivity contribution in [2.45, 2.75) is 67.6 Å². The van der Waals surface area contributed by atoms with Crippen molar-refractivity contribution in [3.8, 4) is 0 Å². The van der Waals surface area contributed by atoms with E-state index in [0.717, 1.165) is 76.1 Å². The number of nitrogens with zero attached hydrogens (tertiary/aromatic N) is 3. The topological polar surface area (TPSA) is 158 Å². The molecule has 2 amide bonds. The number of rotatable bonds is 8. The fraction of sp³-hybridized carbons (Fsp3) is 0.467. The molecule has 2 aromatic carbocycles. The van der Waals surface area contributed by atoms with Gasteiger partial charge in [0.2, 0.25) is 10.0 Å². The second kappa shape index (κ2) is 12.0. The molecule has 11 nitrogen and oxygen atoms in total. The third-order valence-corrected chi connectivity index (χ3v) is 10.3. The van der Waals surface area contributed by atoms with Crippen LogP contribution in [0.1, 0.15) is 49.1 Å². The van der Waals surface area contributed by atoms with Crippen LogP contribution in [0, 0.1) is 0 Å². The minimum Gasteiger partial charge on any atom is -0.370 e. The molecule has 0 bridgehead atoms. The van der Waals surface area contributed by atoms with E-state index in [0.29, 0.717) is 4.90 Å². The quantitative estimate of drug-likeness (QED) is 0.231. The Labute approximate surface area is 247 Å². The molecule has 4 aliphatic rings. The number of guanidine groups is 1. The molecule has 3 atom stereocenters. The molecule has 12 heteroatoms. The SMILES string of the molecule is NC(N)=N[C@@H]1CCN(Cc2ccc(N3C=C4CC(c5ccc(S(=O)(=O)NC6CCNCC6)cc5)CC4NC3=O)cc2)C1. The molecule has 6 rings (SSSR count). The van der Waals surface area contributed by atoms with Crippen LogP contribution in [0.2, 0.25) is 0 Å². The Kier molecular flexibility index (Phi) is 8.22. The van der Waals surface area contributed by atoms with Crippen LogP contribution in [0.3, 0.4) is 0 Å². The fourth-order valence-electron chi connectivity index (χ4n) is 6.57. The number of likely N-dealkylation sites (tertiary alicyclic amines) is 1. The smallest absolute Gasteiger partial charge is 0.326 e. The molecule has 0 spiro atoms. The number of carbonyl (C=O) groups excluding carboxylic acids is 1. The number of hydrogen-bond donors (Lipinski definition) is 5. The summed E-state index contributed by atoms with van der Waals surface area (Å²) in [6.45, 7) is 4.23. The molecule has 7 N–H and O–H groups in total. The number of aliphatic imine (C=N–C) groups is 1. The third-order valence-electron chi connectivity index (χ3n) is 8.78. The summed E-state index contributed by atoms with van der Waals surface area (Å²) in [6, 6.07) is 15.3. The van der Waals surface area contributed by atoms with Gasteiger partial charge in [0.1, 0.15) is 0 Å². The third kappa shape index (κ3) is 6.46. The van der Waals surface area contributed by atoms with Gasteiger partial charge >= 0.3 is 6.03 Å². The van der Waals surface area contributed by atoms with E-state index in [1.807, 2.05) is 30.5 Å². The van der Waals surface area contributed by atoms with Crippen molar-refractivity contribution in [3.05, 3.63) is 71.4 Å². The number of piperidine rings is 1. The summed E-state index contributed by atoms with van der Waals surface area (Å²) < 4.78 is 28.6. The summed E-state index contributed by atoms with van der Waals surface area (Å²) in [7, 11) is -3.55. The van der Waals surface area contributed by atoms with Crippen molar-refractivity contribution >= 4 is 27.7 Å². The first-order valence-electron chi connectivity index (χ1n) is 14.8. The Bertz CT molecular complexity index is 1450. The van der Waals surface area contributed by atoms with E-state index in [2.05, 4.69) is 37.4 Å². The summed E-state index contributed by atoms with van der Waals surface area (Å²) in [5.74, 6) is 0.349. The predicted molar refractivity (Wildman–Crippen MR) is 163 cm³/mol. The van der Waals surface area contributed by atoms with E-state index in [1.165, 1.54) is 11.1 Å². The highest BCUT2D eigenvalue weighted by molar-refractivity contribution is 7.89. The molecule has 2 aromatic rings. The van der Waals surface area contributed by atoms with Gasteiger partial charge in [-0.25, -0.2) is 22.9 Å². The number of fused-ring (bicyclic) bond motifs is 1. The lowest BCUT2D eigenvalue weighted by Gasteiger charge is -2.29. The van der Waals surface area contributed by atoms with E-state index < -0.39 is 10.0 Å². The molecule has 0 aromatic heterocycles. The zero-order valence-corrected chi connectivity index (χ0v) is 24.5. The van der Waals surface area contributed by atoms with Gasteiger partial charge in [-0.2, -0.15) is 0 Å². The number of anilines is 1. The van der Waals surface area contributed by atoms with Crippen molar-refractivity contribution in [1.29, 1.82) is 0 Å². The van der Waals surface area contributed by atoms with Crippen LogP contribution in [0.15, 0.2) is 70.2 Å². The number of hydrogen-bond acceptors (Lipinski definition) is 6. The zero-order chi connectivity index (χ0) is 29.3. The van der Waals surface area contributed by atoms with Gasteiger partial charge in [0.25, 0.3) is 0 Å². The predicted octanol–water partition coefficient (Wildman–Crippen LogP) is 1.92. The summed E-state index contributed by atoms with van der Waals surface area (Å²) >= 11 is 0. The van der Waals surface area contributed by atoms with Gasteiger partial charge in [0.15, 0.2) is 5.96 Å². The highest BCUT2D eigenvalue weighted by Gasteiger charge is 2.36. The summed E-state index contributed by atoms with van der Waals surface area (Å²) in [6.07, 6.45) is 6.11. The maximum Gasteiger partial charge on any atom is 0.326 e. The summed E-state index contributed by atoms with van der Waals surface area (Å²) in [5.41, 5.74) is 15.3. The van der Waals surface area contributed by atoms with Crippen LogP contribution in [-0.2, 0) is 16.6 Å². The molecule has 3 fully saturated rings. The number of carbonyl (C=O) groups is 1. The molecular weight excluding hydrogens is 552 g/mol. The molecule has 2 unspecified atom stereocenters. The maximum atomic E-state index is 13.0. The Balaban J connectivity index is 1.08. The Morgan fingerprint density at radius 2 is 1.76 bits per heavy atom. The van der Waals surface area contributed by atoms with Crippen LogP contribution < -0.4 is 31.7 Å². The van der Waals surface area contributed by atoms with Gasteiger partial charge in [0.05, 0.1) is 22.7 Å². The Morgan fingerprint density at radius 3 is 2.48 bits per heavy atom. The molecule has 1 saturated carbocycles. The van der Waals surface area contributed by atoms with Crippen molar-refractivity contribution in [2.24, 2.45) is 16.5 Å². The molecular formula is C30H40N8O3S.